The smallest absolute Gasteiger partial charge is 0.321 e. The highest BCUT2D eigenvalue weighted by atomic mass is 35.5. The summed E-state index contributed by atoms with van der Waals surface area (Å²) in [6.07, 6.45) is 0. The first kappa shape index (κ1) is 20.4. The first-order valence-corrected chi connectivity index (χ1v) is 10.4. The SMILES string of the molecule is Cc1ccc(-c2ccc(N3CCN(C(=O)Nc4ccc(Cl)c(Cl)c4)CC3)nn2)cc1. The van der Waals surface area contributed by atoms with Crippen molar-refractivity contribution in [1.82, 2.24) is 15.1 Å². The molecular weight excluding hydrogens is 421 g/mol. The maximum Gasteiger partial charge on any atom is 0.321 e. The number of piperazine rings is 1. The van der Waals surface area contributed by atoms with E-state index in [1.807, 2.05) is 24.3 Å². The van der Waals surface area contributed by atoms with Gasteiger partial charge in [-0.25, -0.2) is 4.79 Å². The van der Waals surface area contributed by atoms with Crippen LogP contribution in [0, 0.1) is 6.92 Å². The fourth-order valence-corrected chi connectivity index (χ4v) is 3.59. The van der Waals surface area contributed by atoms with Crippen molar-refractivity contribution in [2.45, 2.75) is 6.92 Å². The summed E-state index contributed by atoms with van der Waals surface area (Å²) in [5.74, 6) is 0.815. The summed E-state index contributed by atoms with van der Waals surface area (Å²) in [4.78, 5) is 16.4. The molecule has 1 aliphatic heterocycles. The van der Waals surface area contributed by atoms with Crippen LogP contribution in [0.1, 0.15) is 5.56 Å². The number of hydrogen-bond acceptors (Lipinski definition) is 4. The molecule has 0 atom stereocenters. The summed E-state index contributed by atoms with van der Waals surface area (Å²) < 4.78 is 0. The quantitative estimate of drug-likeness (QED) is 0.612. The number of urea groups is 1. The lowest BCUT2D eigenvalue weighted by Crippen LogP contribution is -2.50. The van der Waals surface area contributed by atoms with Gasteiger partial charge in [-0.15, -0.1) is 10.2 Å². The third-order valence-corrected chi connectivity index (χ3v) is 5.80. The monoisotopic (exact) mass is 441 g/mol. The van der Waals surface area contributed by atoms with Crippen molar-refractivity contribution in [2.24, 2.45) is 0 Å². The zero-order chi connectivity index (χ0) is 21.1. The minimum atomic E-state index is -0.158. The van der Waals surface area contributed by atoms with Gasteiger partial charge in [0.1, 0.15) is 0 Å². The molecule has 1 saturated heterocycles. The van der Waals surface area contributed by atoms with Gasteiger partial charge >= 0.3 is 6.03 Å². The molecule has 1 aliphatic rings. The van der Waals surface area contributed by atoms with Crippen molar-refractivity contribution >= 4 is 40.7 Å². The van der Waals surface area contributed by atoms with Crippen LogP contribution in [0.15, 0.2) is 54.6 Å². The molecule has 2 aromatic carbocycles. The minimum Gasteiger partial charge on any atom is -0.352 e. The zero-order valence-corrected chi connectivity index (χ0v) is 18.0. The fourth-order valence-electron chi connectivity index (χ4n) is 3.29. The van der Waals surface area contributed by atoms with Crippen molar-refractivity contribution < 1.29 is 4.79 Å². The van der Waals surface area contributed by atoms with E-state index in [4.69, 9.17) is 23.2 Å². The number of halogens is 2. The lowest BCUT2D eigenvalue weighted by atomic mass is 10.1. The second-order valence-electron chi connectivity index (χ2n) is 7.18. The Morgan fingerprint density at radius 1 is 0.900 bits per heavy atom. The molecule has 0 unspecified atom stereocenters. The first-order chi connectivity index (χ1) is 14.5. The van der Waals surface area contributed by atoms with E-state index >= 15 is 0 Å². The van der Waals surface area contributed by atoms with Gasteiger partial charge in [0.15, 0.2) is 5.82 Å². The molecular formula is C22H21Cl2N5O. The number of hydrogen-bond donors (Lipinski definition) is 1. The van der Waals surface area contributed by atoms with Gasteiger partial charge in [0, 0.05) is 37.4 Å². The van der Waals surface area contributed by atoms with Crippen molar-refractivity contribution in [3.05, 3.63) is 70.2 Å². The molecule has 0 saturated carbocycles. The van der Waals surface area contributed by atoms with E-state index < -0.39 is 0 Å². The molecule has 154 valence electrons. The first-order valence-electron chi connectivity index (χ1n) is 9.66. The van der Waals surface area contributed by atoms with Crippen LogP contribution in [-0.4, -0.2) is 47.3 Å². The molecule has 2 heterocycles. The van der Waals surface area contributed by atoms with Crippen molar-refractivity contribution in [3.8, 4) is 11.3 Å². The molecule has 0 radical (unpaired) electrons. The van der Waals surface area contributed by atoms with Crippen LogP contribution in [0.4, 0.5) is 16.3 Å². The molecule has 1 fully saturated rings. The summed E-state index contributed by atoms with van der Waals surface area (Å²) in [5.41, 5.74) is 3.72. The Hall–Kier alpha value is -2.83. The van der Waals surface area contributed by atoms with Crippen LogP contribution in [0.5, 0.6) is 0 Å². The Morgan fingerprint density at radius 2 is 1.63 bits per heavy atom. The zero-order valence-electron chi connectivity index (χ0n) is 16.5. The number of carbonyl (C=O) groups is 1. The maximum absolute atomic E-state index is 12.5. The van der Waals surface area contributed by atoms with Gasteiger partial charge in [-0.1, -0.05) is 53.0 Å². The Bertz CT molecular complexity index is 1030. The summed E-state index contributed by atoms with van der Waals surface area (Å²) >= 11 is 11.9. The Morgan fingerprint density at radius 3 is 2.27 bits per heavy atom. The average Bonchev–Trinajstić information content (AvgIpc) is 2.77. The number of aromatic nitrogens is 2. The van der Waals surface area contributed by atoms with E-state index in [0.717, 1.165) is 17.1 Å². The highest BCUT2D eigenvalue weighted by Gasteiger charge is 2.22. The van der Waals surface area contributed by atoms with Crippen LogP contribution < -0.4 is 10.2 Å². The number of benzene rings is 2. The molecule has 0 spiro atoms. The second-order valence-corrected chi connectivity index (χ2v) is 7.99. The molecule has 8 heteroatoms. The molecule has 6 nitrogen and oxygen atoms in total. The maximum atomic E-state index is 12.5. The number of nitrogens with one attached hydrogen (secondary N) is 1. The Labute approximate surface area is 185 Å². The van der Waals surface area contributed by atoms with Gasteiger partial charge in [0.2, 0.25) is 0 Å². The molecule has 0 bridgehead atoms. The molecule has 1 aromatic heterocycles. The summed E-state index contributed by atoms with van der Waals surface area (Å²) in [6, 6.07) is 17.1. The predicted octanol–water partition coefficient (Wildman–Crippen LogP) is 5.11. The number of nitrogens with zero attached hydrogens (tertiary/aromatic N) is 4. The second kappa shape index (κ2) is 8.90. The normalized spacial score (nSPS) is 14.0. The lowest BCUT2D eigenvalue weighted by molar-refractivity contribution is 0.208. The molecule has 2 amide bonds. The summed E-state index contributed by atoms with van der Waals surface area (Å²) in [6.45, 7) is 4.62. The van der Waals surface area contributed by atoms with Gasteiger partial charge in [0.25, 0.3) is 0 Å². The van der Waals surface area contributed by atoms with Gasteiger partial charge in [0.05, 0.1) is 15.7 Å². The Kier molecular flexibility index (Phi) is 6.06. The van der Waals surface area contributed by atoms with Crippen molar-refractivity contribution in [3.63, 3.8) is 0 Å². The van der Waals surface area contributed by atoms with E-state index in [0.29, 0.717) is 41.9 Å². The summed E-state index contributed by atoms with van der Waals surface area (Å²) in [5, 5.41) is 12.5. The molecule has 0 aliphatic carbocycles. The third kappa shape index (κ3) is 4.66. The largest absolute Gasteiger partial charge is 0.352 e. The average molecular weight is 442 g/mol. The van der Waals surface area contributed by atoms with Crippen molar-refractivity contribution in [2.75, 3.05) is 36.4 Å². The van der Waals surface area contributed by atoms with Crippen LogP contribution in [0.25, 0.3) is 11.3 Å². The van der Waals surface area contributed by atoms with E-state index in [9.17, 15) is 4.79 Å². The van der Waals surface area contributed by atoms with Crippen LogP contribution in [0.2, 0.25) is 10.0 Å². The molecule has 3 aromatic rings. The lowest BCUT2D eigenvalue weighted by Gasteiger charge is -2.35. The highest BCUT2D eigenvalue weighted by Crippen LogP contribution is 2.25. The number of rotatable bonds is 3. The standard InChI is InChI=1S/C22H21Cl2N5O/c1-15-2-4-16(5-3-15)20-8-9-21(27-26-20)28-10-12-29(13-11-28)22(30)25-17-6-7-18(23)19(24)14-17/h2-9,14H,10-13H2,1H3,(H,25,30). The van der Waals surface area contributed by atoms with Gasteiger partial charge < -0.3 is 15.1 Å². The van der Waals surface area contributed by atoms with Gasteiger partial charge in [-0.3, -0.25) is 0 Å². The third-order valence-electron chi connectivity index (χ3n) is 5.06. The predicted molar refractivity (Wildman–Crippen MR) is 121 cm³/mol. The van der Waals surface area contributed by atoms with E-state index in [-0.39, 0.29) is 6.03 Å². The number of aryl methyl sites for hydroxylation is 1. The van der Waals surface area contributed by atoms with Gasteiger partial charge in [-0.05, 0) is 37.3 Å². The van der Waals surface area contributed by atoms with E-state index in [1.54, 1.807) is 23.1 Å². The topological polar surface area (TPSA) is 61.4 Å². The van der Waals surface area contributed by atoms with Crippen LogP contribution in [0.3, 0.4) is 0 Å². The Balaban J connectivity index is 1.34. The number of anilines is 2. The molecule has 1 N–H and O–H groups in total. The number of amides is 2. The summed E-state index contributed by atoms with van der Waals surface area (Å²) in [7, 11) is 0. The van der Waals surface area contributed by atoms with E-state index in [1.165, 1.54) is 5.56 Å². The van der Waals surface area contributed by atoms with Crippen LogP contribution in [-0.2, 0) is 0 Å². The fraction of sp³-hybridized carbons (Fsp3) is 0.227. The van der Waals surface area contributed by atoms with E-state index in [2.05, 4.69) is 39.5 Å². The van der Waals surface area contributed by atoms with Gasteiger partial charge in [-0.2, -0.15) is 0 Å². The highest BCUT2D eigenvalue weighted by molar-refractivity contribution is 6.42. The van der Waals surface area contributed by atoms with Crippen LogP contribution >= 0.6 is 23.2 Å². The number of carbonyl (C=O) groups excluding carboxylic acids is 1. The van der Waals surface area contributed by atoms with Crippen molar-refractivity contribution in [1.29, 1.82) is 0 Å². The minimum absolute atomic E-state index is 0.158. The molecule has 4 rings (SSSR count). The molecule has 30 heavy (non-hydrogen) atoms.